The zero-order valence-corrected chi connectivity index (χ0v) is 20.4. The molecule has 0 unspecified atom stereocenters. The predicted molar refractivity (Wildman–Crippen MR) is 146 cm³/mol. The second-order valence-electron chi connectivity index (χ2n) is 8.79. The lowest BCUT2D eigenvalue weighted by Crippen LogP contribution is -2.40. The van der Waals surface area contributed by atoms with Gasteiger partial charge in [-0.3, -0.25) is 14.4 Å². The summed E-state index contributed by atoms with van der Waals surface area (Å²) in [6, 6.07) is 28.3. The molecule has 2 aliphatic carbocycles. The van der Waals surface area contributed by atoms with E-state index in [0.717, 1.165) is 16.6 Å². The zero-order valence-electron chi connectivity index (χ0n) is 20.4. The van der Waals surface area contributed by atoms with Crippen molar-refractivity contribution in [3.8, 4) is 11.3 Å². The molecule has 0 bridgehead atoms. The van der Waals surface area contributed by atoms with E-state index in [9.17, 15) is 14.4 Å². The maximum atomic E-state index is 12.2. The van der Waals surface area contributed by atoms with Gasteiger partial charge in [-0.05, 0) is 24.3 Å². The molecule has 0 aliphatic heterocycles. The van der Waals surface area contributed by atoms with Crippen LogP contribution in [0, 0.1) is 0 Å². The molecule has 9 heteroatoms. The van der Waals surface area contributed by atoms with Crippen molar-refractivity contribution in [2.24, 2.45) is 0 Å². The average molecular weight is 519 g/mol. The SMILES string of the molecule is Nc1ccccc1N.O=C1c2ccccc2-c2nc3ccccc3nc21.O=C1c2ccccc2C(=O)C1(O)O. The standard InChI is InChI=1S/C15H8N2O.C9H6O4.C6H8N2/c18-15-10-6-2-1-5-9(10)13-14(15)17-12-8-4-3-7-11(12)16-13;10-7-5-3-1-2-4-6(5)8(11)9(7,12)13;7-5-3-1-2-4-6(5)8/h1-8H;1-4,12-13H;1-4H,7-8H2. The van der Waals surface area contributed by atoms with Gasteiger partial charge in [0, 0.05) is 22.3 Å². The van der Waals surface area contributed by atoms with Crippen LogP contribution in [-0.2, 0) is 0 Å². The Labute approximate surface area is 222 Å². The van der Waals surface area contributed by atoms with Gasteiger partial charge in [0.15, 0.2) is 0 Å². The Kier molecular flexibility index (Phi) is 6.45. The maximum Gasteiger partial charge on any atom is 0.295 e. The number of Topliss-reactive ketones (excluding diaryl/α,β-unsaturated/α-hetero) is 2. The highest BCUT2D eigenvalue weighted by Gasteiger charge is 2.50. The van der Waals surface area contributed by atoms with Gasteiger partial charge in [0.1, 0.15) is 11.4 Å². The summed E-state index contributed by atoms with van der Waals surface area (Å²) in [5.74, 6) is -4.79. The second-order valence-corrected chi connectivity index (χ2v) is 8.79. The van der Waals surface area contributed by atoms with E-state index in [0.29, 0.717) is 28.3 Å². The van der Waals surface area contributed by atoms with Gasteiger partial charge in [-0.1, -0.05) is 72.8 Å². The van der Waals surface area contributed by atoms with Gasteiger partial charge in [-0.25, -0.2) is 9.97 Å². The average Bonchev–Trinajstić information content (AvgIpc) is 3.33. The number of hydrogen-bond donors (Lipinski definition) is 4. The van der Waals surface area contributed by atoms with Crippen molar-refractivity contribution in [3.05, 3.63) is 119 Å². The van der Waals surface area contributed by atoms with Gasteiger partial charge in [-0.2, -0.15) is 0 Å². The van der Waals surface area contributed by atoms with E-state index in [4.69, 9.17) is 21.7 Å². The van der Waals surface area contributed by atoms with Crippen molar-refractivity contribution in [1.82, 2.24) is 9.97 Å². The van der Waals surface area contributed by atoms with Crippen molar-refractivity contribution >= 4 is 39.8 Å². The molecule has 0 spiro atoms. The van der Waals surface area contributed by atoms with E-state index in [2.05, 4.69) is 9.97 Å². The van der Waals surface area contributed by atoms with Gasteiger partial charge >= 0.3 is 0 Å². The largest absolute Gasteiger partial charge is 0.397 e. The fourth-order valence-corrected chi connectivity index (χ4v) is 4.23. The van der Waals surface area contributed by atoms with E-state index in [1.165, 1.54) is 12.1 Å². The number of hydrogen-bond acceptors (Lipinski definition) is 9. The van der Waals surface area contributed by atoms with Crippen molar-refractivity contribution in [3.63, 3.8) is 0 Å². The third-order valence-corrected chi connectivity index (χ3v) is 6.26. The first-order valence-corrected chi connectivity index (χ1v) is 11.8. The molecule has 0 atom stereocenters. The van der Waals surface area contributed by atoms with Gasteiger partial charge in [-0.15, -0.1) is 0 Å². The third-order valence-electron chi connectivity index (χ3n) is 6.26. The lowest BCUT2D eigenvalue weighted by atomic mass is 10.1. The number of carbonyl (C=O) groups excluding carboxylic acids is 3. The van der Waals surface area contributed by atoms with Crippen LogP contribution in [0.25, 0.3) is 22.3 Å². The van der Waals surface area contributed by atoms with Crippen LogP contribution in [0.15, 0.2) is 97.1 Å². The number of nitrogens with zero attached hydrogens (tertiary/aromatic N) is 2. The van der Waals surface area contributed by atoms with E-state index >= 15 is 0 Å². The van der Waals surface area contributed by atoms with Crippen LogP contribution in [0.1, 0.15) is 36.8 Å². The smallest absolute Gasteiger partial charge is 0.295 e. The Morgan fingerprint density at radius 2 is 0.897 bits per heavy atom. The number of aromatic nitrogens is 2. The van der Waals surface area contributed by atoms with E-state index in [-0.39, 0.29) is 16.9 Å². The van der Waals surface area contributed by atoms with Crippen LogP contribution in [0.2, 0.25) is 0 Å². The molecule has 1 heterocycles. The number of nitrogen functional groups attached to an aromatic ring is 2. The number of anilines is 2. The summed E-state index contributed by atoms with van der Waals surface area (Å²) < 4.78 is 0. The van der Waals surface area contributed by atoms with Gasteiger partial charge in [0.2, 0.25) is 17.3 Å². The quantitative estimate of drug-likeness (QED) is 0.134. The summed E-state index contributed by atoms with van der Waals surface area (Å²) in [4.78, 5) is 43.6. The normalized spacial score (nSPS) is 13.9. The molecule has 0 radical (unpaired) electrons. The highest BCUT2D eigenvalue weighted by Crippen LogP contribution is 2.34. The lowest BCUT2D eigenvalue weighted by Gasteiger charge is -2.08. The maximum absolute atomic E-state index is 12.2. The Hall–Kier alpha value is -5.25. The van der Waals surface area contributed by atoms with E-state index < -0.39 is 17.4 Å². The molecule has 1 aromatic heterocycles. The first-order valence-electron chi connectivity index (χ1n) is 11.8. The number of nitrogens with two attached hydrogens (primary N) is 2. The van der Waals surface area contributed by atoms with Crippen molar-refractivity contribution in [1.29, 1.82) is 0 Å². The zero-order chi connectivity index (χ0) is 27.7. The summed E-state index contributed by atoms with van der Waals surface area (Å²) in [5.41, 5.74) is 16.5. The van der Waals surface area contributed by atoms with Crippen LogP contribution in [-0.4, -0.2) is 43.3 Å². The lowest BCUT2D eigenvalue weighted by molar-refractivity contribution is -0.0857. The topological polar surface area (TPSA) is 169 Å². The minimum atomic E-state index is -2.86. The molecule has 0 saturated heterocycles. The molecule has 7 rings (SSSR count). The minimum absolute atomic E-state index is 0.0288. The van der Waals surface area contributed by atoms with Crippen LogP contribution >= 0.6 is 0 Å². The fraction of sp³-hybridized carbons (Fsp3) is 0.0333. The monoisotopic (exact) mass is 518 g/mol. The molecule has 0 saturated carbocycles. The fourth-order valence-electron chi connectivity index (χ4n) is 4.23. The predicted octanol–water partition coefficient (Wildman–Crippen LogP) is 3.44. The minimum Gasteiger partial charge on any atom is -0.397 e. The van der Waals surface area contributed by atoms with Gasteiger partial charge < -0.3 is 21.7 Å². The molecule has 192 valence electrons. The highest BCUT2D eigenvalue weighted by atomic mass is 16.5. The molecule has 5 aromatic rings. The Morgan fingerprint density at radius 1 is 0.513 bits per heavy atom. The number of ketones is 3. The highest BCUT2D eigenvalue weighted by molar-refractivity contribution is 6.30. The van der Waals surface area contributed by atoms with Crippen molar-refractivity contribution < 1.29 is 24.6 Å². The third kappa shape index (κ3) is 4.52. The summed E-state index contributed by atoms with van der Waals surface area (Å²) >= 11 is 0. The molecule has 39 heavy (non-hydrogen) atoms. The molecular weight excluding hydrogens is 496 g/mol. The van der Waals surface area contributed by atoms with Gasteiger partial charge in [0.25, 0.3) is 5.79 Å². The van der Waals surface area contributed by atoms with Crippen LogP contribution in [0.5, 0.6) is 0 Å². The van der Waals surface area contributed by atoms with Gasteiger partial charge in [0.05, 0.1) is 22.4 Å². The number of aliphatic hydroxyl groups is 2. The first-order chi connectivity index (χ1) is 18.7. The molecule has 9 nitrogen and oxygen atoms in total. The molecule has 4 aromatic carbocycles. The summed E-state index contributed by atoms with van der Waals surface area (Å²) in [6.07, 6.45) is 0. The number of carbonyl (C=O) groups is 3. The summed E-state index contributed by atoms with van der Waals surface area (Å²) in [6.45, 7) is 0. The Bertz CT molecular complexity index is 1720. The van der Waals surface area contributed by atoms with Crippen molar-refractivity contribution in [2.45, 2.75) is 5.79 Å². The molecule has 2 aliphatic rings. The molecule has 0 amide bonds. The summed E-state index contributed by atoms with van der Waals surface area (Å²) in [5, 5.41) is 18.2. The molecule has 6 N–H and O–H groups in total. The second kappa shape index (κ2) is 9.90. The number of fused-ring (bicyclic) bond motifs is 5. The Balaban J connectivity index is 0.000000129. The molecule has 0 fully saturated rings. The van der Waals surface area contributed by atoms with E-state index in [1.807, 2.05) is 60.7 Å². The van der Waals surface area contributed by atoms with Crippen LogP contribution in [0.4, 0.5) is 11.4 Å². The Morgan fingerprint density at radius 3 is 1.38 bits per heavy atom. The van der Waals surface area contributed by atoms with Crippen LogP contribution < -0.4 is 11.5 Å². The first kappa shape index (κ1) is 25.4. The summed E-state index contributed by atoms with van der Waals surface area (Å²) in [7, 11) is 0. The van der Waals surface area contributed by atoms with E-state index in [1.54, 1.807) is 24.3 Å². The number of benzene rings is 4. The number of rotatable bonds is 0. The number of para-hydroxylation sites is 4. The molecular formula is C30H22N4O5. The van der Waals surface area contributed by atoms with Crippen LogP contribution in [0.3, 0.4) is 0 Å². The van der Waals surface area contributed by atoms with Crippen molar-refractivity contribution in [2.75, 3.05) is 11.5 Å².